The van der Waals surface area contributed by atoms with Gasteiger partial charge in [-0.3, -0.25) is 14.5 Å². The molecule has 0 spiro atoms. The number of unbranched alkanes of at least 4 members (excludes halogenated alkanes) is 6. The van der Waals surface area contributed by atoms with Crippen molar-refractivity contribution in [2.45, 2.75) is 117 Å². The van der Waals surface area contributed by atoms with Gasteiger partial charge in [-0.25, -0.2) is 0 Å². The molecule has 0 radical (unpaired) electrons. The quantitative estimate of drug-likeness (QED) is 0.179. The highest BCUT2D eigenvalue weighted by Gasteiger charge is 2.18. The number of nitrogens with one attached hydrogen (secondary N) is 2. The molecule has 0 aromatic carbocycles. The van der Waals surface area contributed by atoms with Crippen LogP contribution in [0.3, 0.4) is 0 Å². The Balaban J connectivity index is 4.29. The number of aliphatic hydroxyl groups is 1. The molecule has 6 heteroatoms. The molecule has 3 N–H and O–H groups in total. The average Bonchev–Trinajstić information content (AvgIpc) is 2.72. The lowest BCUT2D eigenvalue weighted by atomic mass is 10.1. The van der Waals surface area contributed by atoms with Crippen LogP contribution in [0.1, 0.15) is 98.8 Å². The highest BCUT2D eigenvalue weighted by molar-refractivity contribution is 5.76. The van der Waals surface area contributed by atoms with E-state index in [1.807, 2.05) is 27.7 Å². The number of carbonyl (C=O) groups excluding carboxylic acids is 2. The predicted molar refractivity (Wildman–Crippen MR) is 139 cm³/mol. The molecular weight excluding hydrogens is 414 g/mol. The summed E-state index contributed by atoms with van der Waals surface area (Å²) in [6.45, 7) is 11.6. The minimum Gasteiger partial charge on any atom is -0.392 e. The number of carbonyl (C=O) groups is 2. The molecule has 0 saturated carbocycles. The van der Waals surface area contributed by atoms with Gasteiger partial charge >= 0.3 is 0 Å². The average molecular weight is 466 g/mol. The third-order valence-corrected chi connectivity index (χ3v) is 5.42. The fourth-order valence-corrected chi connectivity index (χ4v) is 3.94. The van der Waals surface area contributed by atoms with E-state index in [0.717, 1.165) is 51.4 Å². The van der Waals surface area contributed by atoms with Gasteiger partial charge in [0.25, 0.3) is 0 Å². The summed E-state index contributed by atoms with van der Waals surface area (Å²) in [4.78, 5) is 26.6. The highest BCUT2D eigenvalue weighted by atomic mass is 16.3. The zero-order valence-corrected chi connectivity index (χ0v) is 21.9. The minimum absolute atomic E-state index is 0.0145. The first-order valence-electron chi connectivity index (χ1n) is 13.0. The van der Waals surface area contributed by atoms with Crippen LogP contribution in [0.15, 0.2) is 24.3 Å². The third kappa shape index (κ3) is 20.7. The van der Waals surface area contributed by atoms with E-state index >= 15 is 0 Å². The molecule has 0 saturated heterocycles. The molecule has 33 heavy (non-hydrogen) atoms. The summed E-state index contributed by atoms with van der Waals surface area (Å²) in [5.41, 5.74) is 0. The van der Waals surface area contributed by atoms with Gasteiger partial charge in [-0.15, -0.1) is 0 Å². The van der Waals surface area contributed by atoms with Crippen molar-refractivity contribution in [3.05, 3.63) is 24.3 Å². The van der Waals surface area contributed by atoms with Crippen LogP contribution < -0.4 is 10.6 Å². The fourth-order valence-electron chi connectivity index (χ4n) is 3.94. The molecule has 2 amide bonds. The number of allylic oxidation sites excluding steroid dienone is 4. The van der Waals surface area contributed by atoms with E-state index in [-0.39, 0.29) is 23.9 Å². The lowest BCUT2D eigenvalue weighted by Gasteiger charge is -2.30. The summed E-state index contributed by atoms with van der Waals surface area (Å²) < 4.78 is 0. The summed E-state index contributed by atoms with van der Waals surface area (Å²) in [5.74, 6) is 0.169. The van der Waals surface area contributed by atoms with Crippen molar-refractivity contribution < 1.29 is 14.7 Å². The topological polar surface area (TPSA) is 81.7 Å². The van der Waals surface area contributed by atoms with Crippen molar-refractivity contribution in [1.29, 1.82) is 0 Å². The van der Waals surface area contributed by atoms with E-state index < -0.39 is 6.10 Å². The first-order chi connectivity index (χ1) is 15.8. The summed E-state index contributed by atoms with van der Waals surface area (Å²) >= 11 is 0. The van der Waals surface area contributed by atoms with Crippen LogP contribution in [0.4, 0.5) is 0 Å². The molecule has 3 unspecified atom stereocenters. The van der Waals surface area contributed by atoms with Gasteiger partial charge in [-0.05, 0) is 73.1 Å². The van der Waals surface area contributed by atoms with Gasteiger partial charge in [0.2, 0.25) is 11.8 Å². The normalized spacial score (nSPS) is 14.6. The SMILES string of the molecule is C/C=C/CCCCCC(=O)NC(C)CN(CC(C)O)CC(C)NC(=O)CCCCC/C=C/C. The minimum atomic E-state index is -0.467. The molecule has 0 bridgehead atoms. The summed E-state index contributed by atoms with van der Waals surface area (Å²) in [6, 6.07) is -0.0290. The summed E-state index contributed by atoms with van der Waals surface area (Å²) in [5, 5.41) is 16.1. The fraction of sp³-hybridized carbons (Fsp3) is 0.778. The third-order valence-electron chi connectivity index (χ3n) is 5.42. The first-order valence-corrected chi connectivity index (χ1v) is 13.0. The van der Waals surface area contributed by atoms with Crippen molar-refractivity contribution in [2.24, 2.45) is 0 Å². The number of aliphatic hydroxyl groups excluding tert-OH is 1. The lowest BCUT2D eigenvalue weighted by Crippen LogP contribution is -2.49. The van der Waals surface area contributed by atoms with Crippen LogP contribution in [0, 0.1) is 0 Å². The molecule has 0 aliphatic heterocycles. The Hall–Kier alpha value is -1.66. The maximum Gasteiger partial charge on any atom is 0.220 e. The smallest absolute Gasteiger partial charge is 0.220 e. The largest absolute Gasteiger partial charge is 0.392 e. The van der Waals surface area contributed by atoms with Gasteiger partial charge in [0.1, 0.15) is 0 Å². The van der Waals surface area contributed by atoms with Crippen molar-refractivity contribution in [2.75, 3.05) is 19.6 Å². The Morgan fingerprint density at radius 3 is 1.52 bits per heavy atom. The number of rotatable bonds is 20. The molecule has 0 fully saturated rings. The van der Waals surface area contributed by atoms with Gasteiger partial charge in [0, 0.05) is 44.6 Å². The van der Waals surface area contributed by atoms with E-state index in [9.17, 15) is 14.7 Å². The molecular formula is C27H51N3O3. The maximum absolute atomic E-state index is 12.2. The lowest BCUT2D eigenvalue weighted by molar-refractivity contribution is -0.122. The predicted octanol–water partition coefficient (Wildman–Crippen LogP) is 4.73. The van der Waals surface area contributed by atoms with Crippen LogP contribution in [0.2, 0.25) is 0 Å². The second-order valence-corrected chi connectivity index (χ2v) is 9.34. The van der Waals surface area contributed by atoms with Crippen molar-refractivity contribution >= 4 is 11.8 Å². The Kier molecular flexibility index (Phi) is 19.9. The standard InChI is InChI=1S/C27H51N3O3/c1-6-8-10-12-14-16-18-26(32)28-23(3)20-30(22-25(5)31)21-24(4)29-27(33)19-17-15-13-11-9-7-2/h6-9,23-25,31H,10-22H2,1-5H3,(H,28,32)(H,29,33)/b8-6+,9-7+. The Morgan fingerprint density at radius 2 is 1.15 bits per heavy atom. The zero-order chi connectivity index (χ0) is 24.9. The number of hydrogen-bond acceptors (Lipinski definition) is 4. The second-order valence-electron chi connectivity index (χ2n) is 9.34. The van der Waals surface area contributed by atoms with Crippen LogP contribution in [0.5, 0.6) is 0 Å². The zero-order valence-electron chi connectivity index (χ0n) is 21.9. The van der Waals surface area contributed by atoms with Gasteiger partial charge < -0.3 is 15.7 Å². The van der Waals surface area contributed by atoms with E-state index in [4.69, 9.17) is 0 Å². The number of hydrogen-bond donors (Lipinski definition) is 3. The molecule has 3 atom stereocenters. The summed E-state index contributed by atoms with van der Waals surface area (Å²) in [6.07, 6.45) is 17.4. The monoisotopic (exact) mass is 465 g/mol. The number of amides is 2. The molecule has 6 nitrogen and oxygen atoms in total. The number of nitrogens with zero attached hydrogens (tertiary/aromatic N) is 1. The van der Waals surface area contributed by atoms with E-state index in [0.29, 0.717) is 32.5 Å². The highest BCUT2D eigenvalue weighted by Crippen LogP contribution is 2.06. The van der Waals surface area contributed by atoms with Crippen molar-refractivity contribution in [1.82, 2.24) is 15.5 Å². The molecule has 0 aliphatic rings. The van der Waals surface area contributed by atoms with Gasteiger partial charge in [-0.1, -0.05) is 37.1 Å². The van der Waals surface area contributed by atoms with Crippen LogP contribution in [0.25, 0.3) is 0 Å². The molecule has 0 aromatic heterocycles. The van der Waals surface area contributed by atoms with Gasteiger partial charge in [0.05, 0.1) is 6.10 Å². The molecule has 0 rings (SSSR count). The van der Waals surface area contributed by atoms with Crippen LogP contribution in [-0.4, -0.2) is 59.6 Å². The van der Waals surface area contributed by atoms with E-state index in [2.05, 4.69) is 39.8 Å². The van der Waals surface area contributed by atoms with Crippen LogP contribution >= 0.6 is 0 Å². The maximum atomic E-state index is 12.2. The van der Waals surface area contributed by atoms with Crippen molar-refractivity contribution in [3.8, 4) is 0 Å². The van der Waals surface area contributed by atoms with Crippen LogP contribution in [-0.2, 0) is 9.59 Å². The molecule has 0 aliphatic carbocycles. The second kappa shape index (κ2) is 20.9. The van der Waals surface area contributed by atoms with E-state index in [1.54, 1.807) is 6.92 Å². The van der Waals surface area contributed by atoms with Gasteiger partial charge in [0.15, 0.2) is 0 Å². The Bertz CT molecular complexity index is 517. The first kappa shape index (κ1) is 31.3. The molecule has 0 heterocycles. The summed E-state index contributed by atoms with van der Waals surface area (Å²) in [7, 11) is 0. The van der Waals surface area contributed by atoms with Gasteiger partial charge in [-0.2, -0.15) is 0 Å². The molecule has 192 valence electrons. The Labute approximate surface area is 203 Å². The van der Waals surface area contributed by atoms with E-state index in [1.165, 1.54) is 0 Å². The Morgan fingerprint density at radius 1 is 0.727 bits per heavy atom. The van der Waals surface area contributed by atoms with Crippen molar-refractivity contribution in [3.63, 3.8) is 0 Å². The molecule has 0 aromatic rings.